The minimum Gasteiger partial charge on any atom is -0.497 e. The third kappa shape index (κ3) is 7.01. The molecule has 0 aliphatic carbocycles. The van der Waals surface area contributed by atoms with E-state index in [1.54, 1.807) is 24.1 Å². The summed E-state index contributed by atoms with van der Waals surface area (Å²) in [5.74, 6) is 0.662. The molecule has 3 heterocycles. The summed E-state index contributed by atoms with van der Waals surface area (Å²) in [6.07, 6.45) is 5.91. The lowest BCUT2D eigenvalue weighted by Gasteiger charge is -2.40. The van der Waals surface area contributed by atoms with E-state index in [1.165, 1.54) is 12.1 Å². The van der Waals surface area contributed by atoms with E-state index in [1.807, 2.05) is 42.2 Å². The molecule has 0 radical (unpaired) electrons. The number of anilines is 2. The Balaban J connectivity index is 1.20. The first-order chi connectivity index (χ1) is 19.8. The van der Waals surface area contributed by atoms with Crippen molar-refractivity contribution in [3.63, 3.8) is 0 Å². The SMILES string of the molecule is COc1ccc(CNc2cc(Cl)nc(-n3ncc(C=CCN4CCN(c5cc(F)cc(F)c5)C[C@H]4C)c3C)n2)cc1. The number of hydrogen-bond donors (Lipinski definition) is 1. The molecule has 1 atom stereocenters. The van der Waals surface area contributed by atoms with Gasteiger partial charge < -0.3 is 15.0 Å². The molecule has 0 unspecified atom stereocenters. The molecule has 0 saturated carbocycles. The highest BCUT2D eigenvalue weighted by Crippen LogP contribution is 2.23. The summed E-state index contributed by atoms with van der Waals surface area (Å²) in [6.45, 7) is 7.55. The number of nitrogens with one attached hydrogen (secondary N) is 1. The zero-order chi connectivity index (χ0) is 28.9. The third-order valence-electron chi connectivity index (χ3n) is 7.17. The van der Waals surface area contributed by atoms with Gasteiger partial charge in [0.15, 0.2) is 0 Å². The van der Waals surface area contributed by atoms with Gasteiger partial charge in [0.25, 0.3) is 5.95 Å². The summed E-state index contributed by atoms with van der Waals surface area (Å²) >= 11 is 6.32. The van der Waals surface area contributed by atoms with Gasteiger partial charge in [-0.3, -0.25) is 4.90 Å². The number of nitrogens with zero attached hydrogens (tertiary/aromatic N) is 6. The largest absolute Gasteiger partial charge is 0.497 e. The molecule has 0 amide bonds. The molecule has 1 aliphatic heterocycles. The van der Waals surface area contributed by atoms with Gasteiger partial charge in [-0.05, 0) is 43.7 Å². The fourth-order valence-electron chi connectivity index (χ4n) is 4.85. The first-order valence-electron chi connectivity index (χ1n) is 13.4. The smallest absolute Gasteiger partial charge is 0.254 e. The molecule has 1 aliphatic rings. The Bertz CT molecular complexity index is 1510. The Morgan fingerprint density at radius 2 is 1.83 bits per heavy atom. The van der Waals surface area contributed by atoms with Gasteiger partial charge in [0.2, 0.25) is 0 Å². The van der Waals surface area contributed by atoms with Gasteiger partial charge in [-0.1, -0.05) is 35.9 Å². The second kappa shape index (κ2) is 12.7. The highest BCUT2D eigenvalue weighted by Gasteiger charge is 2.23. The fourth-order valence-corrected chi connectivity index (χ4v) is 5.03. The monoisotopic (exact) mass is 579 g/mol. The number of benzene rings is 2. The van der Waals surface area contributed by atoms with Crippen LogP contribution in [0.4, 0.5) is 20.3 Å². The van der Waals surface area contributed by atoms with Crippen molar-refractivity contribution in [2.24, 2.45) is 0 Å². The number of piperazine rings is 1. The molecule has 8 nitrogen and oxygen atoms in total. The van der Waals surface area contributed by atoms with E-state index in [9.17, 15) is 8.78 Å². The number of aromatic nitrogens is 4. The van der Waals surface area contributed by atoms with Crippen molar-refractivity contribution in [2.45, 2.75) is 26.4 Å². The van der Waals surface area contributed by atoms with Gasteiger partial charge in [0, 0.05) is 62.1 Å². The molecule has 11 heteroatoms. The van der Waals surface area contributed by atoms with Crippen LogP contribution in [0.2, 0.25) is 5.15 Å². The van der Waals surface area contributed by atoms with Gasteiger partial charge in [-0.2, -0.15) is 15.1 Å². The van der Waals surface area contributed by atoms with Gasteiger partial charge in [-0.25, -0.2) is 13.5 Å². The van der Waals surface area contributed by atoms with E-state index in [0.717, 1.165) is 41.7 Å². The van der Waals surface area contributed by atoms with Crippen molar-refractivity contribution >= 4 is 29.2 Å². The van der Waals surface area contributed by atoms with Crippen molar-refractivity contribution < 1.29 is 13.5 Å². The van der Waals surface area contributed by atoms with Crippen LogP contribution >= 0.6 is 11.6 Å². The van der Waals surface area contributed by atoms with Crippen molar-refractivity contribution in [1.29, 1.82) is 0 Å². The van der Waals surface area contributed by atoms with E-state index in [2.05, 4.69) is 38.3 Å². The van der Waals surface area contributed by atoms with Crippen LogP contribution in [0, 0.1) is 18.6 Å². The lowest BCUT2D eigenvalue weighted by molar-refractivity contribution is 0.210. The van der Waals surface area contributed by atoms with Gasteiger partial charge in [-0.15, -0.1) is 0 Å². The molecule has 214 valence electrons. The second-order valence-electron chi connectivity index (χ2n) is 9.99. The van der Waals surface area contributed by atoms with Crippen molar-refractivity contribution in [3.05, 3.63) is 94.4 Å². The average Bonchev–Trinajstić information content (AvgIpc) is 3.32. The topological polar surface area (TPSA) is 71.3 Å². The zero-order valence-electron chi connectivity index (χ0n) is 23.2. The van der Waals surface area contributed by atoms with Crippen LogP contribution in [0.25, 0.3) is 12.0 Å². The molecule has 1 saturated heterocycles. The van der Waals surface area contributed by atoms with Crippen molar-refractivity contribution in [2.75, 3.05) is 43.5 Å². The molecule has 0 spiro atoms. The van der Waals surface area contributed by atoms with E-state index in [4.69, 9.17) is 16.3 Å². The van der Waals surface area contributed by atoms with Crippen LogP contribution in [0.3, 0.4) is 0 Å². The van der Waals surface area contributed by atoms with Crippen LogP contribution < -0.4 is 15.0 Å². The van der Waals surface area contributed by atoms with E-state index < -0.39 is 11.6 Å². The fraction of sp³-hybridized carbons (Fsp3) is 0.300. The molecule has 2 aromatic heterocycles. The van der Waals surface area contributed by atoms with Crippen LogP contribution in [-0.2, 0) is 6.54 Å². The number of methoxy groups -OCH3 is 1. The Morgan fingerprint density at radius 3 is 2.54 bits per heavy atom. The lowest BCUT2D eigenvalue weighted by Crippen LogP contribution is -2.51. The molecular formula is C30H32ClF2N7O. The zero-order valence-corrected chi connectivity index (χ0v) is 23.9. The second-order valence-corrected chi connectivity index (χ2v) is 10.4. The minimum absolute atomic E-state index is 0.215. The van der Waals surface area contributed by atoms with E-state index >= 15 is 0 Å². The Hall–Kier alpha value is -4.02. The first-order valence-corrected chi connectivity index (χ1v) is 13.7. The summed E-state index contributed by atoms with van der Waals surface area (Å²) in [7, 11) is 1.64. The molecule has 1 N–H and O–H groups in total. The Labute approximate surface area is 243 Å². The van der Waals surface area contributed by atoms with Gasteiger partial charge >= 0.3 is 0 Å². The minimum atomic E-state index is -0.557. The van der Waals surface area contributed by atoms with Gasteiger partial charge in [0.1, 0.15) is 28.4 Å². The summed E-state index contributed by atoms with van der Waals surface area (Å²) < 4.78 is 34.2. The van der Waals surface area contributed by atoms with Crippen LogP contribution in [-0.4, -0.2) is 64.0 Å². The highest BCUT2D eigenvalue weighted by molar-refractivity contribution is 6.29. The van der Waals surface area contributed by atoms with E-state index in [0.29, 0.717) is 42.2 Å². The molecule has 41 heavy (non-hydrogen) atoms. The third-order valence-corrected chi connectivity index (χ3v) is 7.36. The maximum Gasteiger partial charge on any atom is 0.254 e. The Kier molecular flexibility index (Phi) is 8.80. The predicted octanol–water partition coefficient (Wildman–Crippen LogP) is 5.75. The molecule has 1 fully saturated rings. The number of hydrogen-bond acceptors (Lipinski definition) is 7. The van der Waals surface area contributed by atoms with Gasteiger partial charge in [0.05, 0.1) is 19.0 Å². The van der Waals surface area contributed by atoms with Crippen molar-refractivity contribution in [1.82, 2.24) is 24.6 Å². The molecule has 2 aromatic carbocycles. The van der Waals surface area contributed by atoms with Crippen LogP contribution in [0.1, 0.15) is 23.7 Å². The average molecular weight is 580 g/mol. The first kappa shape index (κ1) is 28.5. The summed E-state index contributed by atoms with van der Waals surface area (Å²) in [5.41, 5.74) is 3.48. The number of rotatable bonds is 9. The molecule has 0 bridgehead atoms. The number of halogens is 3. The Morgan fingerprint density at radius 1 is 1.07 bits per heavy atom. The van der Waals surface area contributed by atoms with Crippen LogP contribution in [0.5, 0.6) is 5.75 Å². The standard InChI is InChI=1S/C30H32ClF2N7O/c1-20-19-39(26-14-24(32)13-25(33)15-26)12-11-38(20)10-4-5-23-18-35-40(21(23)2)30-36-28(31)16-29(37-30)34-17-22-6-8-27(41-3)9-7-22/h4-9,13-16,18,20H,10-12,17,19H2,1-3H3,(H,34,36,37)/t20-/m1/s1. The normalized spacial score (nSPS) is 16.0. The number of ether oxygens (including phenoxy) is 1. The van der Waals surface area contributed by atoms with Crippen molar-refractivity contribution in [3.8, 4) is 11.7 Å². The summed E-state index contributed by atoms with van der Waals surface area (Å²) in [5, 5.41) is 8.11. The quantitative estimate of drug-likeness (QED) is 0.253. The predicted molar refractivity (Wildman–Crippen MR) is 158 cm³/mol. The summed E-state index contributed by atoms with van der Waals surface area (Å²) in [6, 6.07) is 13.4. The maximum atomic E-state index is 13.7. The van der Waals surface area contributed by atoms with E-state index in [-0.39, 0.29) is 6.04 Å². The highest BCUT2D eigenvalue weighted by atomic mass is 35.5. The molecular weight excluding hydrogens is 548 g/mol. The maximum absolute atomic E-state index is 13.7. The summed E-state index contributed by atoms with van der Waals surface area (Å²) in [4.78, 5) is 13.4. The molecule has 5 rings (SSSR count). The lowest BCUT2D eigenvalue weighted by atomic mass is 10.1. The van der Waals surface area contributed by atoms with Crippen LogP contribution in [0.15, 0.2) is 60.8 Å². The molecule has 4 aromatic rings.